The molecule has 1 aliphatic rings. The summed E-state index contributed by atoms with van der Waals surface area (Å²) in [6.07, 6.45) is 1.17. The van der Waals surface area contributed by atoms with Crippen molar-refractivity contribution in [1.29, 1.82) is 0 Å². The number of primary amides is 1. The van der Waals surface area contributed by atoms with E-state index < -0.39 is 11.6 Å². The van der Waals surface area contributed by atoms with E-state index in [0.717, 1.165) is 13.1 Å². The second-order valence-electron chi connectivity index (χ2n) is 3.86. The number of likely N-dealkylation sites (tertiary alicyclic amines) is 1. The van der Waals surface area contributed by atoms with Gasteiger partial charge in [0, 0.05) is 13.1 Å². The summed E-state index contributed by atoms with van der Waals surface area (Å²) >= 11 is 0. The topological polar surface area (TPSA) is 117 Å². The summed E-state index contributed by atoms with van der Waals surface area (Å²) in [7, 11) is 1.97. The van der Waals surface area contributed by atoms with E-state index >= 15 is 0 Å². The molecule has 0 saturated carbocycles. The van der Waals surface area contributed by atoms with Crippen LogP contribution in [0.4, 0.5) is 4.79 Å². The number of hydrogen-bond acceptors (Lipinski definition) is 4. The molecule has 0 atom stereocenters. The highest BCUT2D eigenvalue weighted by atomic mass is 16.4. The number of carbonyl (C=O) groups is 1. The largest absolute Gasteiger partial charge is 0.409 e. The predicted molar refractivity (Wildman–Crippen MR) is 55.6 cm³/mol. The average molecular weight is 215 g/mol. The van der Waals surface area contributed by atoms with Crippen LogP contribution < -0.4 is 16.8 Å². The molecule has 6 N–H and O–H groups in total. The van der Waals surface area contributed by atoms with Crippen LogP contribution in [0.15, 0.2) is 5.16 Å². The minimum atomic E-state index is -0.799. The van der Waals surface area contributed by atoms with E-state index in [-0.39, 0.29) is 5.84 Å². The van der Waals surface area contributed by atoms with Crippen LogP contribution >= 0.6 is 0 Å². The highest BCUT2D eigenvalue weighted by Gasteiger charge is 2.39. The molecular formula is C8H17N5O2. The van der Waals surface area contributed by atoms with Crippen molar-refractivity contribution in [2.24, 2.45) is 16.6 Å². The van der Waals surface area contributed by atoms with E-state index in [2.05, 4.69) is 15.4 Å². The standard InChI is InChI=1S/C8H17N5O2/c1-13-4-2-8(3-5-13,6(9)12-15)11-7(10)14/h15H,2-5H2,1H3,(H2,9,12)(H3,10,11,14). The van der Waals surface area contributed by atoms with Gasteiger partial charge >= 0.3 is 6.03 Å². The van der Waals surface area contributed by atoms with E-state index in [1.165, 1.54) is 0 Å². The fourth-order valence-corrected chi connectivity index (χ4v) is 1.78. The Morgan fingerprint density at radius 2 is 2.00 bits per heavy atom. The summed E-state index contributed by atoms with van der Waals surface area (Å²) in [5, 5.41) is 14.2. The summed E-state index contributed by atoms with van der Waals surface area (Å²) in [6.45, 7) is 1.52. The summed E-state index contributed by atoms with van der Waals surface area (Å²) < 4.78 is 0. The molecule has 0 radical (unpaired) electrons. The first-order valence-electron chi connectivity index (χ1n) is 4.74. The Hall–Kier alpha value is -1.50. The van der Waals surface area contributed by atoms with Crippen LogP contribution in [-0.4, -0.2) is 47.7 Å². The zero-order valence-electron chi connectivity index (χ0n) is 8.73. The number of urea groups is 1. The lowest BCUT2D eigenvalue weighted by Crippen LogP contribution is -2.63. The van der Waals surface area contributed by atoms with Gasteiger partial charge in [-0.2, -0.15) is 0 Å². The highest BCUT2D eigenvalue weighted by molar-refractivity contribution is 5.93. The third kappa shape index (κ3) is 2.50. The summed E-state index contributed by atoms with van der Waals surface area (Å²) in [4.78, 5) is 13.0. The van der Waals surface area contributed by atoms with Gasteiger partial charge in [0.2, 0.25) is 0 Å². The first kappa shape index (κ1) is 11.6. The van der Waals surface area contributed by atoms with Gasteiger partial charge < -0.3 is 26.9 Å². The van der Waals surface area contributed by atoms with Gasteiger partial charge in [0.15, 0.2) is 5.84 Å². The Labute approximate surface area is 88.1 Å². The number of hydrogen-bond donors (Lipinski definition) is 4. The van der Waals surface area contributed by atoms with Crippen molar-refractivity contribution < 1.29 is 10.0 Å². The molecule has 7 nitrogen and oxygen atoms in total. The van der Waals surface area contributed by atoms with Crippen LogP contribution in [0.25, 0.3) is 0 Å². The molecule has 7 heteroatoms. The van der Waals surface area contributed by atoms with Gasteiger partial charge in [0.1, 0.15) is 5.54 Å². The maximum absolute atomic E-state index is 10.9. The van der Waals surface area contributed by atoms with E-state index in [4.69, 9.17) is 16.7 Å². The first-order chi connectivity index (χ1) is 7.00. The van der Waals surface area contributed by atoms with Crippen LogP contribution in [-0.2, 0) is 0 Å². The molecule has 0 aromatic carbocycles. The Balaban J connectivity index is 2.82. The van der Waals surface area contributed by atoms with Gasteiger partial charge in [0.05, 0.1) is 0 Å². The molecule has 1 fully saturated rings. The Kier molecular flexibility index (Phi) is 3.35. The van der Waals surface area contributed by atoms with Gasteiger partial charge in [-0.3, -0.25) is 0 Å². The molecule has 1 aliphatic heterocycles. The van der Waals surface area contributed by atoms with Gasteiger partial charge in [-0.1, -0.05) is 5.16 Å². The number of amidine groups is 1. The lowest BCUT2D eigenvalue weighted by Gasteiger charge is -2.39. The fourth-order valence-electron chi connectivity index (χ4n) is 1.78. The molecule has 0 aromatic heterocycles. The lowest BCUT2D eigenvalue weighted by molar-refractivity contribution is 0.192. The van der Waals surface area contributed by atoms with E-state index in [0.29, 0.717) is 12.8 Å². The number of carbonyl (C=O) groups excluding carboxylic acids is 1. The molecule has 0 spiro atoms. The van der Waals surface area contributed by atoms with Crippen molar-refractivity contribution in [1.82, 2.24) is 10.2 Å². The number of amides is 2. The quantitative estimate of drug-likeness (QED) is 0.202. The van der Waals surface area contributed by atoms with E-state index in [9.17, 15) is 4.79 Å². The zero-order chi connectivity index (χ0) is 11.5. The van der Waals surface area contributed by atoms with Crippen molar-refractivity contribution in [3.8, 4) is 0 Å². The highest BCUT2D eigenvalue weighted by Crippen LogP contribution is 2.21. The molecular weight excluding hydrogens is 198 g/mol. The molecule has 0 aliphatic carbocycles. The number of rotatable bonds is 2. The zero-order valence-corrected chi connectivity index (χ0v) is 8.73. The van der Waals surface area contributed by atoms with Crippen LogP contribution in [0.3, 0.4) is 0 Å². The second kappa shape index (κ2) is 4.35. The summed E-state index contributed by atoms with van der Waals surface area (Å²) in [5.74, 6) is 0.00870. The van der Waals surface area contributed by atoms with Gasteiger partial charge in [0.25, 0.3) is 0 Å². The van der Waals surface area contributed by atoms with Crippen molar-refractivity contribution in [3.05, 3.63) is 0 Å². The number of piperidine rings is 1. The minimum Gasteiger partial charge on any atom is -0.409 e. The Morgan fingerprint density at radius 1 is 1.47 bits per heavy atom. The third-order valence-corrected chi connectivity index (χ3v) is 2.80. The van der Waals surface area contributed by atoms with Gasteiger partial charge in [-0.15, -0.1) is 0 Å². The molecule has 1 saturated heterocycles. The Bertz CT molecular complexity index is 270. The minimum absolute atomic E-state index is 0.00870. The van der Waals surface area contributed by atoms with E-state index in [1.807, 2.05) is 7.05 Å². The molecule has 2 amide bonds. The number of nitrogens with one attached hydrogen (secondary N) is 1. The second-order valence-corrected chi connectivity index (χ2v) is 3.86. The number of oxime groups is 1. The smallest absolute Gasteiger partial charge is 0.312 e. The summed E-state index contributed by atoms with van der Waals surface area (Å²) in [5.41, 5.74) is 9.87. The Morgan fingerprint density at radius 3 is 2.40 bits per heavy atom. The van der Waals surface area contributed by atoms with Gasteiger partial charge in [-0.25, -0.2) is 4.79 Å². The van der Waals surface area contributed by atoms with E-state index in [1.54, 1.807) is 0 Å². The molecule has 0 unspecified atom stereocenters. The first-order valence-corrected chi connectivity index (χ1v) is 4.74. The predicted octanol–water partition coefficient (Wildman–Crippen LogP) is -1.13. The number of nitrogens with two attached hydrogens (primary N) is 2. The molecule has 0 aromatic rings. The molecule has 0 bridgehead atoms. The van der Waals surface area contributed by atoms with Gasteiger partial charge in [-0.05, 0) is 19.9 Å². The normalized spacial score (nSPS) is 22.3. The lowest BCUT2D eigenvalue weighted by atomic mass is 9.86. The summed E-state index contributed by atoms with van der Waals surface area (Å²) in [6, 6.07) is -0.661. The van der Waals surface area contributed by atoms with Crippen molar-refractivity contribution in [2.75, 3.05) is 20.1 Å². The van der Waals surface area contributed by atoms with Crippen molar-refractivity contribution in [3.63, 3.8) is 0 Å². The van der Waals surface area contributed by atoms with Crippen molar-refractivity contribution >= 4 is 11.9 Å². The SMILES string of the molecule is CN1CCC(NC(N)=O)(/C(N)=N/O)CC1. The molecule has 15 heavy (non-hydrogen) atoms. The average Bonchev–Trinajstić information content (AvgIpc) is 2.20. The van der Waals surface area contributed by atoms with Crippen molar-refractivity contribution in [2.45, 2.75) is 18.4 Å². The maximum atomic E-state index is 10.9. The fraction of sp³-hybridized carbons (Fsp3) is 0.750. The van der Waals surface area contributed by atoms with Crippen LogP contribution in [0.2, 0.25) is 0 Å². The third-order valence-electron chi connectivity index (χ3n) is 2.80. The molecule has 1 rings (SSSR count). The molecule has 86 valence electrons. The molecule has 1 heterocycles. The monoisotopic (exact) mass is 215 g/mol. The number of nitrogens with zero attached hydrogens (tertiary/aromatic N) is 2. The van der Waals surface area contributed by atoms with Crippen LogP contribution in [0, 0.1) is 0 Å². The van der Waals surface area contributed by atoms with Crippen LogP contribution in [0.1, 0.15) is 12.8 Å². The maximum Gasteiger partial charge on any atom is 0.312 e. The van der Waals surface area contributed by atoms with Crippen LogP contribution in [0.5, 0.6) is 0 Å².